The summed E-state index contributed by atoms with van der Waals surface area (Å²) >= 11 is 1.49. The van der Waals surface area contributed by atoms with E-state index in [9.17, 15) is 4.79 Å². The number of amides is 1. The number of benzene rings is 1. The highest BCUT2D eigenvalue weighted by atomic mass is 32.1. The zero-order valence-corrected chi connectivity index (χ0v) is 15.0. The van der Waals surface area contributed by atoms with Gasteiger partial charge in [-0.3, -0.25) is 4.79 Å². The molecular weight excluding hydrogens is 310 g/mol. The van der Waals surface area contributed by atoms with Gasteiger partial charge in [0, 0.05) is 17.7 Å². The Balaban J connectivity index is 2.00. The summed E-state index contributed by atoms with van der Waals surface area (Å²) in [5.74, 6) is -0.107. The summed E-state index contributed by atoms with van der Waals surface area (Å²) in [6.45, 7) is 7.75. The lowest BCUT2D eigenvalue weighted by Gasteiger charge is -2.16. The van der Waals surface area contributed by atoms with Crippen molar-refractivity contribution in [2.45, 2.75) is 39.8 Å². The maximum Gasteiger partial charge on any atom is 0.248 e. The predicted octanol–water partition coefficient (Wildman–Crippen LogP) is 3.91. The number of rotatable bonds is 6. The van der Waals surface area contributed by atoms with Gasteiger partial charge in [-0.25, -0.2) is 4.98 Å². The lowest BCUT2D eigenvalue weighted by Crippen LogP contribution is -2.31. The van der Waals surface area contributed by atoms with Crippen LogP contribution in [0.3, 0.4) is 0 Å². The summed E-state index contributed by atoms with van der Waals surface area (Å²) in [4.78, 5) is 17.7. The van der Waals surface area contributed by atoms with Crippen LogP contribution in [-0.4, -0.2) is 24.0 Å². The monoisotopic (exact) mass is 333 g/mol. The summed E-state index contributed by atoms with van der Waals surface area (Å²) in [7, 11) is 1.68. The van der Waals surface area contributed by atoms with E-state index in [1.165, 1.54) is 11.3 Å². The molecule has 0 spiro atoms. The van der Waals surface area contributed by atoms with Crippen molar-refractivity contribution in [1.82, 2.24) is 4.98 Å². The van der Waals surface area contributed by atoms with Crippen LogP contribution in [0.25, 0.3) is 0 Å². The lowest BCUT2D eigenvalue weighted by molar-refractivity contribution is -0.116. The van der Waals surface area contributed by atoms with Crippen molar-refractivity contribution in [1.29, 1.82) is 0 Å². The molecule has 0 aliphatic carbocycles. The van der Waals surface area contributed by atoms with Crippen LogP contribution in [0.5, 0.6) is 0 Å². The number of nitrogens with one attached hydrogen (secondary N) is 2. The number of hydrogen-bond donors (Lipinski definition) is 2. The van der Waals surface area contributed by atoms with Crippen LogP contribution in [0.4, 0.5) is 10.8 Å². The van der Waals surface area contributed by atoms with Crippen LogP contribution < -0.4 is 10.6 Å². The van der Waals surface area contributed by atoms with Gasteiger partial charge in [0.1, 0.15) is 6.04 Å². The number of anilines is 2. The van der Waals surface area contributed by atoms with Gasteiger partial charge in [-0.1, -0.05) is 12.1 Å². The first-order valence-electron chi connectivity index (χ1n) is 7.55. The Morgan fingerprint density at radius 1 is 1.30 bits per heavy atom. The molecule has 124 valence electrons. The Labute approximate surface area is 141 Å². The number of carbonyl (C=O) groups is 1. The standard InChI is InChI=1S/C17H23N3O2S/c1-10-13(4)23-17(19-10)20-16(21)11(2)18-15-8-6-7-14(9-15)12(3)22-5/h6-9,11-12,18H,1-5H3,(H,19,20,21)/t11-,12-/m0/s1. The molecule has 6 heteroatoms. The third-order valence-corrected chi connectivity index (χ3v) is 4.73. The molecule has 2 aromatic rings. The Morgan fingerprint density at radius 3 is 2.65 bits per heavy atom. The quantitative estimate of drug-likeness (QED) is 0.841. The highest BCUT2D eigenvalue weighted by Crippen LogP contribution is 2.22. The van der Waals surface area contributed by atoms with Crippen molar-refractivity contribution < 1.29 is 9.53 Å². The number of nitrogens with zero attached hydrogens (tertiary/aromatic N) is 1. The fourth-order valence-electron chi connectivity index (χ4n) is 2.07. The normalized spacial score (nSPS) is 13.4. The number of ether oxygens (including phenoxy) is 1. The Hall–Kier alpha value is -1.92. The molecule has 0 radical (unpaired) electrons. The van der Waals surface area contributed by atoms with Gasteiger partial charge in [0.05, 0.1) is 11.8 Å². The van der Waals surface area contributed by atoms with Crippen molar-refractivity contribution in [3.05, 3.63) is 40.4 Å². The minimum atomic E-state index is -0.368. The number of methoxy groups -OCH3 is 1. The number of aryl methyl sites for hydroxylation is 2. The SMILES string of the molecule is CO[C@@H](C)c1cccc(N[C@@H](C)C(=O)Nc2nc(C)c(C)s2)c1. The minimum absolute atomic E-state index is 0.0159. The highest BCUT2D eigenvalue weighted by molar-refractivity contribution is 7.15. The Kier molecular flexibility index (Phi) is 5.74. The molecule has 1 heterocycles. The average Bonchev–Trinajstić information content (AvgIpc) is 2.84. The van der Waals surface area contributed by atoms with Gasteiger partial charge >= 0.3 is 0 Å². The van der Waals surface area contributed by atoms with Crippen LogP contribution >= 0.6 is 11.3 Å². The fourth-order valence-corrected chi connectivity index (χ4v) is 2.89. The first-order valence-corrected chi connectivity index (χ1v) is 8.36. The maximum absolute atomic E-state index is 12.3. The maximum atomic E-state index is 12.3. The van der Waals surface area contributed by atoms with E-state index < -0.39 is 0 Å². The van der Waals surface area contributed by atoms with E-state index in [1.54, 1.807) is 7.11 Å². The molecule has 0 saturated heterocycles. The summed E-state index contributed by atoms with van der Waals surface area (Å²) in [6, 6.07) is 7.52. The molecule has 1 amide bonds. The van der Waals surface area contributed by atoms with Crippen molar-refractivity contribution in [2.24, 2.45) is 0 Å². The third-order valence-electron chi connectivity index (χ3n) is 3.74. The molecule has 5 nitrogen and oxygen atoms in total. The van der Waals surface area contributed by atoms with Gasteiger partial charge < -0.3 is 15.4 Å². The molecule has 0 unspecified atom stereocenters. The summed E-state index contributed by atoms with van der Waals surface area (Å²) in [6.07, 6.45) is 0.0159. The minimum Gasteiger partial charge on any atom is -0.377 e. The fraction of sp³-hybridized carbons (Fsp3) is 0.412. The third kappa shape index (κ3) is 4.53. The second-order valence-corrected chi connectivity index (χ2v) is 6.72. The average molecular weight is 333 g/mol. The van der Waals surface area contributed by atoms with Crippen LogP contribution in [-0.2, 0) is 9.53 Å². The summed E-state index contributed by atoms with van der Waals surface area (Å²) in [5, 5.41) is 6.70. The molecule has 0 fully saturated rings. The second kappa shape index (κ2) is 7.57. The molecule has 1 aromatic carbocycles. The smallest absolute Gasteiger partial charge is 0.248 e. The highest BCUT2D eigenvalue weighted by Gasteiger charge is 2.15. The van der Waals surface area contributed by atoms with Gasteiger partial charge in [0.2, 0.25) is 5.91 Å². The number of aromatic nitrogens is 1. The lowest BCUT2D eigenvalue weighted by atomic mass is 10.1. The van der Waals surface area contributed by atoms with Gasteiger partial charge in [-0.05, 0) is 45.4 Å². The summed E-state index contributed by atoms with van der Waals surface area (Å²) in [5.41, 5.74) is 2.91. The van der Waals surface area contributed by atoms with Gasteiger partial charge in [-0.15, -0.1) is 11.3 Å². The van der Waals surface area contributed by atoms with Gasteiger partial charge in [0.25, 0.3) is 0 Å². The zero-order valence-electron chi connectivity index (χ0n) is 14.1. The molecule has 1 aromatic heterocycles. The Bertz CT molecular complexity index is 665. The molecule has 0 saturated carbocycles. The molecule has 0 aliphatic heterocycles. The van der Waals surface area contributed by atoms with E-state index in [2.05, 4.69) is 15.6 Å². The molecule has 0 bridgehead atoms. The van der Waals surface area contributed by atoms with Gasteiger partial charge in [-0.2, -0.15) is 0 Å². The Morgan fingerprint density at radius 2 is 2.04 bits per heavy atom. The van der Waals surface area contributed by atoms with Crippen LogP contribution in [0.2, 0.25) is 0 Å². The van der Waals surface area contributed by atoms with Crippen molar-refractivity contribution >= 4 is 28.1 Å². The largest absolute Gasteiger partial charge is 0.377 e. The van der Waals surface area contributed by atoms with Gasteiger partial charge in [0.15, 0.2) is 5.13 Å². The second-order valence-electron chi connectivity index (χ2n) is 5.52. The van der Waals surface area contributed by atoms with Crippen molar-refractivity contribution in [3.8, 4) is 0 Å². The topological polar surface area (TPSA) is 63.2 Å². The predicted molar refractivity (Wildman–Crippen MR) is 95.2 cm³/mol. The first kappa shape index (κ1) is 17.4. The molecule has 2 rings (SSSR count). The van der Waals surface area contributed by atoms with E-state index in [4.69, 9.17) is 4.74 Å². The molecular formula is C17H23N3O2S. The van der Waals surface area contributed by atoms with Crippen LogP contribution in [0.15, 0.2) is 24.3 Å². The van der Waals surface area contributed by atoms with Crippen molar-refractivity contribution in [2.75, 3.05) is 17.7 Å². The molecule has 2 atom stereocenters. The van der Waals surface area contributed by atoms with Crippen LogP contribution in [0, 0.1) is 13.8 Å². The van der Waals surface area contributed by atoms with E-state index in [-0.39, 0.29) is 18.1 Å². The molecule has 23 heavy (non-hydrogen) atoms. The first-order chi connectivity index (χ1) is 10.9. The van der Waals surface area contributed by atoms with Crippen LogP contribution in [0.1, 0.15) is 36.1 Å². The zero-order chi connectivity index (χ0) is 17.0. The number of thiazole rings is 1. The van der Waals surface area contributed by atoms with E-state index in [0.717, 1.165) is 21.8 Å². The number of carbonyl (C=O) groups excluding carboxylic acids is 1. The molecule has 0 aliphatic rings. The molecule has 2 N–H and O–H groups in total. The summed E-state index contributed by atoms with van der Waals surface area (Å²) < 4.78 is 5.32. The van der Waals surface area contributed by atoms with Crippen molar-refractivity contribution in [3.63, 3.8) is 0 Å². The van der Waals surface area contributed by atoms with E-state index >= 15 is 0 Å². The van der Waals surface area contributed by atoms with E-state index in [0.29, 0.717) is 5.13 Å². The van der Waals surface area contributed by atoms with E-state index in [1.807, 2.05) is 52.0 Å². The number of hydrogen-bond acceptors (Lipinski definition) is 5.